The average Bonchev–Trinajstić information content (AvgIpc) is 3.19. The summed E-state index contributed by atoms with van der Waals surface area (Å²) >= 11 is 0. The topological polar surface area (TPSA) is 61.5 Å². The molecule has 170 valence electrons. The van der Waals surface area contributed by atoms with Crippen molar-refractivity contribution in [2.24, 2.45) is 0 Å². The predicted molar refractivity (Wildman–Crippen MR) is 127 cm³/mol. The number of benzene rings is 2. The summed E-state index contributed by atoms with van der Waals surface area (Å²) in [5, 5.41) is 2.32. The molecule has 6 nitrogen and oxygen atoms in total. The van der Waals surface area contributed by atoms with Crippen LogP contribution in [0.2, 0.25) is 0 Å². The smallest absolute Gasteiger partial charge is 0.237 e. The van der Waals surface area contributed by atoms with Crippen LogP contribution in [0.1, 0.15) is 22.5 Å². The number of rotatable bonds is 5. The Labute approximate surface area is 192 Å². The van der Waals surface area contributed by atoms with Crippen LogP contribution in [0.5, 0.6) is 5.75 Å². The first-order valence-electron chi connectivity index (χ1n) is 11.1. The van der Waals surface area contributed by atoms with Crippen LogP contribution < -0.4 is 4.74 Å². The van der Waals surface area contributed by atoms with Gasteiger partial charge in [-0.2, -0.15) is 0 Å². The first-order chi connectivity index (χ1) is 15.9. The zero-order valence-corrected chi connectivity index (χ0v) is 19.1. The molecule has 4 aromatic rings. The Balaban J connectivity index is 1.62. The second kappa shape index (κ2) is 8.48. The lowest BCUT2D eigenvalue weighted by atomic mass is 9.96. The molecular weight excluding hydrogens is 419 g/mol. The third-order valence-corrected chi connectivity index (χ3v) is 6.28. The molecule has 1 amide bonds. The van der Waals surface area contributed by atoms with Crippen LogP contribution in [0.3, 0.4) is 0 Å². The summed E-state index contributed by atoms with van der Waals surface area (Å²) in [6, 6.07) is 13.2. The molecule has 0 saturated carbocycles. The van der Waals surface area contributed by atoms with Gasteiger partial charge in [0.1, 0.15) is 0 Å². The Hall–Kier alpha value is -3.45. The number of methoxy groups -OCH3 is 1. The molecule has 1 aliphatic rings. The fourth-order valence-electron chi connectivity index (χ4n) is 4.73. The van der Waals surface area contributed by atoms with Crippen LogP contribution in [-0.2, 0) is 24.2 Å². The van der Waals surface area contributed by atoms with E-state index >= 15 is 0 Å². The number of hydrogen-bond donors (Lipinski definition) is 1. The fraction of sp³-hybridized carbons (Fsp3) is 0.308. The van der Waals surface area contributed by atoms with Gasteiger partial charge in [0, 0.05) is 29.3 Å². The predicted octanol–water partition coefficient (Wildman–Crippen LogP) is 3.90. The van der Waals surface area contributed by atoms with E-state index in [2.05, 4.69) is 17.1 Å². The maximum Gasteiger partial charge on any atom is 0.237 e. The standard InChI is InChI=1S/C26H27FN4O2/c1-30(2)15-24(32)31-11-10-18-22(14-31)28-21(13-16-8-9-23(33-3)19(27)12-16)26-25(18)17-6-4-5-7-20(17)29-26/h4-9,12,29H,10-11,13-15H2,1-3H3. The molecule has 0 unspecified atom stereocenters. The number of pyridine rings is 1. The molecular formula is C26H27FN4O2. The van der Waals surface area contributed by atoms with Crippen molar-refractivity contribution in [1.29, 1.82) is 0 Å². The number of para-hydroxylation sites is 1. The normalized spacial score (nSPS) is 13.7. The number of aromatic amines is 1. The highest BCUT2D eigenvalue weighted by molar-refractivity contribution is 6.10. The molecule has 0 atom stereocenters. The average molecular weight is 447 g/mol. The third-order valence-electron chi connectivity index (χ3n) is 6.28. The minimum Gasteiger partial charge on any atom is -0.494 e. The summed E-state index contributed by atoms with van der Waals surface area (Å²) in [4.78, 5) is 25.1. The fourth-order valence-corrected chi connectivity index (χ4v) is 4.73. The quantitative estimate of drug-likeness (QED) is 0.505. The summed E-state index contributed by atoms with van der Waals surface area (Å²) in [5.74, 6) is -0.0606. The van der Waals surface area contributed by atoms with Crippen LogP contribution in [0.4, 0.5) is 4.39 Å². The molecule has 33 heavy (non-hydrogen) atoms. The van der Waals surface area contributed by atoms with E-state index in [1.165, 1.54) is 24.1 Å². The van der Waals surface area contributed by atoms with Crippen LogP contribution in [0, 0.1) is 5.82 Å². The maximum atomic E-state index is 14.4. The molecule has 7 heteroatoms. The van der Waals surface area contributed by atoms with Gasteiger partial charge in [0.15, 0.2) is 11.6 Å². The summed E-state index contributed by atoms with van der Waals surface area (Å²) in [6.45, 7) is 1.54. The number of nitrogens with zero attached hydrogens (tertiary/aromatic N) is 3. The Kier molecular flexibility index (Phi) is 5.50. The molecule has 1 N–H and O–H groups in total. The van der Waals surface area contributed by atoms with E-state index in [4.69, 9.17) is 9.72 Å². The third kappa shape index (κ3) is 3.93. The lowest BCUT2D eigenvalue weighted by molar-refractivity contribution is -0.132. The van der Waals surface area contributed by atoms with E-state index in [1.54, 1.807) is 6.07 Å². The Morgan fingerprint density at radius 3 is 2.82 bits per heavy atom. The van der Waals surface area contributed by atoms with Crippen molar-refractivity contribution in [3.63, 3.8) is 0 Å². The SMILES string of the molecule is COc1ccc(Cc2nc3c(c4c2[nH]c2ccccc24)CCN(C(=O)CN(C)C)C3)cc1F. The molecule has 0 radical (unpaired) electrons. The second-order valence-electron chi connectivity index (χ2n) is 8.85. The Bertz CT molecular complexity index is 1360. The summed E-state index contributed by atoms with van der Waals surface area (Å²) in [6.07, 6.45) is 1.24. The van der Waals surface area contributed by atoms with Gasteiger partial charge in [-0.1, -0.05) is 24.3 Å². The Morgan fingerprint density at radius 1 is 1.24 bits per heavy atom. The zero-order chi connectivity index (χ0) is 23.1. The van der Waals surface area contributed by atoms with Crippen molar-refractivity contribution in [1.82, 2.24) is 19.8 Å². The molecule has 2 aromatic carbocycles. The molecule has 1 aliphatic heterocycles. The van der Waals surface area contributed by atoms with Crippen molar-refractivity contribution in [2.75, 3.05) is 34.3 Å². The molecule has 3 heterocycles. The van der Waals surface area contributed by atoms with Gasteiger partial charge < -0.3 is 19.5 Å². The van der Waals surface area contributed by atoms with Gasteiger partial charge >= 0.3 is 0 Å². The summed E-state index contributed by atoms with van der Waals surface area (Å²) in [5.41, 5.74) is 5.83. The zero-order valence-electron chi connectivity index (χ0n) is 19.1. The van der Waals surface area contributed by atoms with Crippen molar-refractivity contribution >= 4 is 27.7 Å². The van der Waals surface area contributed by atoms with Crippen LogP contribution >= 0.6 is 0 Å². The van der Waals surface area contributed by atoms with E-state index in [9.17, 15) is 9.18 Å². The number of halogens is 1. The molecule has 2 aromatic heterocycles. The number of hydrogen-bond acceptors (Lipinski definition) is 4. The van der Waals surface area contributed by atoms with E-state index in [-0.39, 0.29) is 17.5 Å². The molecule has 0 aliphatic carbocycles. The van der Waals surface area contributed by atoms with Gasteiger partial charge in [0.2, 0.25) is 5.91 Å². The van der Waals surface area contributed by atoms with Crippen molar-refractivity contribution < 1.29 is 13.9 Å². The van der Waals surface area contributed by atoms with E-state index in [0.717, 1.165) is 39.8 Å². The number of aromatic nitrogens is 2. The van der Waals surface area contributed by atoms with Crippen molar-refractivity contribution in [3.05, 3.63) is 70.8 Å². The molecule has 0 spiro atoms. The summed E-state index contributed by atoms with van der Waals surface area (Å²) in [7, 11) is 5.26. The number of amides is 1. The minimum atomic E-state index is -0.388. The summed E-state index contributed by atoms with van der Waals surface area (Å²) < 4.78 is 19.4. The van der Waals surface area contributed by atoms with Crippen LogP contribution in [0.25, 0.3) is 21.8 Å². The van der Waals surface area contributed by atoms with E-state index in [1.807, 2.05) is 42.1 Å². The first kappa shape index (κ1) is 21.4. The van der Waals surface area contributed by atoms with E-state index < -0.39 is 0 Å². The van der Waals surface area contributed by atoms with Crippen molar-refractivity contribution in [3.8, 4) is 5.75 Å². The monoisotopic (exact) mass is 446 g/mol. The highest BCUT2D eigenvalue weighted by Crippen LogP contribution is 2.35. The number of ether oxygens (including phenoxy) is 1. The minimum absolute atomic E-state index is 0.102. The molecule has 5 rings (SSSR count). The Morgan fingerprint density at radius 2 is 2.06 bits per heavy atom. The number of nitrogens with one attached hydrogen (secondary N) is 1. The van der Waals surface area contributed by atoms with Gasteiger partial charge in [-0.3, -0.25) is 9.78 Å². The van der Waals surface area contributed by atoms with E-state index in [0.29, 0.717) is 26.1 Å². The number of H-pyrrole nitrogens is 1. The number of carbonyl (C=O) groups is 1. The highest BCUT2D eigenvalue weighted by atomic mass is 19.1. The van der Waals surface area contributed by atoms with Crippen LogP contribution in [-0.4, -0.2) is 60.0 Å². The highest BCUT2D eigenvalue weighted by Gasteiger charge is 2.26. The largest absolute Gasteiger partial charge is 0.494 e. The van der Waals surface area contributed by atoms with Gasteiger partial charge in [-0.15, -0.1) is 0 Å². The lowest BCUT2D eigenvalue weighted by Crippen LogP contribution is -2.41. The number of carbonyl (C=O) groups excluding carboxylic acids is 1. The van der Waals surface area contributed by atoms with Crippen molar-refractivity contribution in [2.45, 2.75) is 19.4 Å². The number of likely N-dealkylation sites (N-methyl/N-ethyl adjacent to an activating group) is 1. The first-order valence-corrected chi connectivity index (χ1v) is 11.1. The lowest BCUT2D eigenvalue weighted by Gasteiger charge is -2.30. The van der Waals surface area contributed by atoms with Gasteiger partial charge in [-0.05, 0) is 49.8 Å². The molecule has 0 bridgehead atoms. The maximum absolute atomic E-state index is 14.4. The van der Waals surface area contributed by atoms with Gasteiger partial charge in [0.05, 0.1) is 37.1 Å². The van der Waals surface area contributed by atoms with Gasteiger partial charge in [-0.25, -0.2) is 4.39 Å². The van der Waals surface area contributed by atoms with Gasteiger partial charge in [0.25, 0.3) is 0 Å². The second-order valence-corrected chi connectivity index (χ2v) is 8.85. The number of fused-ring (bicyclic) bond motifs is 5. The van der Waals surface area contributed by atoms with Crippen LogP contribution in [0.15, 0.2) is 42.5 Å². The molecule has 0 saturated heterocycles. The molecule has 0 fully saturated rings.